The van der Waals surface area contributed by atoms with Crippen molar-refractivity contribution in [2.24, 2.45) is 5.16 Å². The van der Waals surface area contributed by atoms with Crippen molar-refractivity contribution in [3.8, 4) is 0 Å². The summed E-state index contributed by atoms with van der Waals surface area (Å²) in [5.74, 6) is -0.853. The fourth-order valence-electron chi connectivity index (χ4n) is 3.41. The summed E-state index contributed by atoms with van der Waals surface area (Å²) >= 11 is 6.12. The van der Waals surface area contributed by atoms with Crippen molar-refractivity contribution >= 4 is 23.3 Å². The summed E-state index contributed by atoms with van der Waals surface area (Å²) in [7, 11) is 0. The van der Waals surface area contributed by atoms with Crippen molar-refractivity contribution in [2.45, 2.75) is 20.3 Å². The quantitative estimate of drug-likeness (QED) is 0.415. The Labute approximate surface area is 176 Å². The Morgan fingerprint density at radius 3 is 2.66 bits per heavy atom. The molecule has 1 heterocycles. The molecule has 2 aromatic carbocycles. The molecule has 0 aromatic heterocycles. The first kappa shape index (κ1) is 21.1. The first-order chi connectivity index (χ1) is 14.0. The van der Waals surface area contributed by atoms with Gasteiger partial charge in [-0.2, -0.15) is 0 Å². The zero-order valence-corrected chi connectivity index (χ0v) is 17.4. The average Bonchev–Trinajstić information content (AvgIpc) is 2.70. The minimum atomic E-state index is -0.853. The lowest BCUT2D eigenvalue weighted by Crippen LogP contribution is -2.34. The van der Waals surface area contributed by atoms with Gasteiger partial charge in [0, 0.05) is 41.4 Å². The molecule has 0 amide bonds. The van der Waals surface area contributed by atoms with E-state index in [2.05, 4.69) is 10.1 Å². The number of aryl methyl sites for hydroxylation is 2. The summed E-state index contributed by atoms with van der Waals surface area (Å²) in [6.07, 6.45) is 2.53. The van der Waals surface area contributed by atoms with Crippen LogP contribution >= 0.6 is 11.6 Å². The molecule has 1 N–H and O–H groups in total. The molecule has 29 heavy (non-hydrogen) atoms. The van der Waals surface area contributed by atoms with E-state index in [1.54, 1.807) is 6.08 Å². The molecule has 3 rings (SSSR count). The van der Waals surface area contributed by atoms with Gasteiger partial charge in [-0.3, -0.25) is 4.90 Å². The van der Waals surface area contributed by atoms with Gasteiger partial charge >= 0.3 is 5.97 Å². The topological polar surface area (TPSA) is 62.1 Å². The van der Waals surface area contributed by atoms with E-state index in [9.17, 15) is 4.79 Å². The number of aliphatic carboxylic acids is 1. The Morgan fingerprint density at radius 2 is 1.93 bits per heavy atom. The van der Waals surface area contributed by atoms with Crippen LogP contribution in [0.1, 0.15) is 28.7 Å². The second kappa shape index (κ2) is 9.72. The molecular weight excluding hydrogens is 388 g/mol. The Kier molecular flexibility index (Phi) is 7.07. The number of hydrogen-bond donors (Lipinski definition) is 1. The molecule has 0 aliphatic carbocycles. The molecule has 6 heteroatoms. The van der Waals surface area contributed by atoms with Crippen LogP contribution in [0.3, 0.4) is 0 Å². The molecule has 152 valence electrons. The third-order valence-electron chi connectivity index (χ3n) is 5.00. The van der Waals surface area contributed by atoms with Crippen molar-refractivity contribution in [3.63, 3.8) is 0 Å². The predicted molar refractivity (Wildman–Crippen MR) is 116 cm³/mol. The minimum absolute atomic E-state index is 0.384. The highest BCUT2D eigenvalue weighted by atomic mass is 35.5. The molecule has 0 bridgehead atoms. The van der Waals surface area contributed by atoms with E-state index in [0.717, 1.165) is 40.9 Å². The number of hydrogen-bond acceptors (Lipinski definition) is 4. The molecule has 2 aromatic rings. The Hall–Kier alpha value is -2.63. The number of halogens is 1. The van der Waals surface area contributed by atoms with Gasteiger partial charge in [0.15, 0.2) is 0 Å². The van der Waals surface area contributed by atoms with Gasteiger partial charge in [0.25, 0.3) is 0 Å². The van der Waals surface area contributed by atoms with Crippen LogP contribution in [0.2, 0.25) is 5.02 Å². The molecule has 0 radical (unpaired) electrons. The number of rotatable bonds is 7. The summed E-state index contributed by atoms with van der Waals surface area (Å²) < 4.78 is 0. The van der Waals surface area contributed by atoms with E-state index >= 15 is 0 Å². The van der Waals surface area contributed by atoms with Crippen molar-refractivity contribution < 1.29 is 14.7 Å². The number of carboxylic acids is 1. The number of benzene rings is 2. The van der Waals surface area contributed by atoms with Crippen LogP contribution in [-0.2, 0) is 9.63 Å². The third-order valence-corrected chi connectivity index (χ3v) is 5.24. The van der Waals surface area contributed by atoms with Gasteiger partial charge in [-0.05, 0) is 43.5 Å². The van der Waals surface area contributed by atoms with Gasteiger partial charge in [0.2, 0.25) is 0 Å². The molecule has 0 spiro atoms. The van der Waals surface area contributed by atoms with Gasteiger partial charge in [-0.15, -0.1) is 0 Å². The lowest BCUT2D eigenvalue weighted by molar-refractivity contribution is -0.133. The lowest BCUT2D eigenvalue weighted by Gasteiger charge is -2.25. The fourth-order valence-corrected chi connectivity index (χ4v) is 3.63. The standard InChI is InChI=1S/C23H25ClN2O3/c1-16-6-3-4-8-20(16)22(21-10-9-19(24)14-17(21)2)25-29-13-12-26-11-5-7-18(15-26)23(27)28/h3-4,6-10,14H,5,11-13,15H2,1-2H3,(H,27,28)/b25-22+. The predicted octanol–water partition coefficient (Wildman–Crippen LogP) is 4.44. The average molecular weight is 413 g/mol. The van der Waals surface area contributed by atoms with E-state index in [1.165, 1.54) is 0 Å². The van der Waals surface area contributed by atoms with E-state index < -0.39 is 5.97 Å². The van der Waals surface area contributed by atoms with E-state index in [-0.39, 0.29) is 0 Å². The number of carbonyl (C=O) groups is 1. The highest BCUT2D eigenvalue weighted by Crippen LogP contribution is 2.21. The van der Waals surface area contributed by atoms with Crippen LogP contribution < -0.4 is 0 Å². The maximum absolute atomic E-state index is 11.2. The van der Waals surface area contributed by atoms with Crippen LogP contribution in [0.5, 0.6) is 0 Å². The summed E-state index contributed by atoms with van der Waals surface area (Å²) in [5.41, 5.74) is 5.32. The molecule has 0 fully saturated rings. The highest BCUT2D eigenvalue weighted by Gasteiger charge is 2.17. The van der Waals surface area contributed by atoms with Gasteiger partial charge in [0.1, 0.15) is 12.3 Å². The second-order valence-corrected chi connectivity index (χ2v) is 7.58. The van der Waals surface area contributed by atoms with Crippen molar-refractivity contribution in [1.82, 2.24) is 4.90 Å². The van der Waals surface area contributed by atoms with Crippen molar-refractivity contribution in [1.29, 1.82) is 0 Å². The zero-order valence-electron chi connectivity index (χ0n) is 16.7. The Balaban J connectivity index is 1.75. The largest absolute Gasteiger partial charge is 0.478 e. The van der Waals surface area contributed by atoms with Crippen LogP contribution in [0, 0.1) is 13.8 Å². The molecule has 1 aliphatic rings. The number of carboxylic acid groups (broad SMARTS) is 1. The second-order valence-electron chi connectivity index (χ2n) is 7.15. The zero-order chi connectivity index (χ0) is 20.8. The molecule has 0 saturated carbocycles. The summed E-state index contributed by atoms with van der Waals surface area (Å²) in [6.45, 7) is 6.31. The minimum Gasteiger partial charge on any atom is -0.478 e. The summed E-state index contributed by atoms with van der Waals surface area (Å²) in [5, 5.41) is 14.3. The van der Waals surface area contributed by atoms with E-state index in [4.69, 9.17) is 21.5 Å². The van der Waals surface area contributed by atoms with Gasteiger partial charge in [-0.1, -0.05) is 53.2 Å². The highest BCUT2D eigenvalue weighted by molar-refractivity contribution is 6.31. The monoisotopic (exact) mass is 412 g/mol. The third kappa shape index (κ3) is 5.46. The van der Waals surface area contributed by atoms with Crippen LogP contribution in [0.25, 0.3) is 0 Å². The maximum Gasteiger partial charge on any atom is 0.332 e. The molecule has 0 unspecified atom stereocenters. The molecule has 0 saturated heterocycles. The van der Waals surface area contributed by atoms with Gasteiger partial charge in [-0.25, -0.2) is 4.79 Å². The van der Waals surface area contributed by atoms with Crippen molar-refractivity contribution in [3.05, 3.63) is 81.4 Å². The summed E-state index contributed by atoms with van der Waals surface area (Å²) in [6, 6.07) is 13.8. The Bertz CT molecular complexity index is 953. The SMILES string of the molecule is Cc1ccccc1/C(=N\OCCN1CCC=C(C(=O)O)C1)c1ccc(Cl)cc1C. The smallest absolute Gasteiger partial charge is 0.332 e. The van der Waals surface area contributed by atoms with Crippen LogP contribution in [-0.4, -0.2) is 47.9 Å². The number of oxime groups is 1. The molecule has 0 atom stereocenters. The van der Waals surface area contributed by atoms with E-state index in [1.807, 2.05) is 56.3 Å². The van der Waals surface area contributed by atoms with Gasteiger partial charge in [0.05, 0.1) is 0 Å². The first-order valence-electron chi connectivity index (χ1n) is 9.63. The maximum atomic E-state index is 11.2. The normalized spacial score (nSPS) is 15.1. The fraction of sp³-hybridized carbons (Fsp3) is 0.304. The first-order valence-corrected chi connectivity index (χ1v) is 10.0. The number of nitrogens with zero attached hydrogens (tertiary/aromatic N) is 2. The summed E-state index contributed by atoms with van der Waals surface area (Å²) in [4.78, 5) is 18.9. The molecule has 1 aliphatic heterocycles. The van der Waals surface area contributed by atoms with E-state index in [0.29, 0.717) is 30.3 Å². The van der Waals surface area contributed by atoms with Crippen LogP contribution in [0.15, 0.2) is 59.3 Å². The van der Waals surface area contributed by atoms with Crippen molar-refractivity contribution in [2.75, 3.05) is 26.2 Å². The van der Waals surface area contributed by atoms with Gasteiger partial charge < -0.3 is 9.94 Å². The van der Waals surface area contributed by atoms with Crippen LogP contribution in [0.4, 0.5) is 0 Å². The lowest BCUT2D eigenvalue weighted by atomic mass is 9.95. The molecule has 5 nitrogen and oxygen atoms in total. The molecular formula is C23H25ClN2O3. The Morgan fingerprint density at radius 1 is 1.17 bits per heavy atom.